The van der Waals surface area contributed by atoms with Gasteiger partial charge in [-0.05, 0) is 86.0 Å². The molecule has 6 rings (SSSR count). The number of β-amino-alcohol motifs (C(OH)–C–C–N with tert-alkyl or cyclic N) is 1. The molecule has 1 amide bonds. The van der Waals surface area contributed by atoms with Crippen molar-refractivity contribution in [2.75, 3.05) is 45.2 Å². The van der Waals surface area contributed by atoms with Crippen molar-refractivity contribution >= 4 is 51.6 Å². The molecule has 2 aliphatic heterocycles. The predicted molar refractivity (Wildman–Crippen MR) is 171 cm³/mol. The van der Waals surface area contributed by atoms with Gasteiger partial charge in [-0.2, -0.15) is 23.1 Å². The van der Waals surface area contributed by atoms with Crippen LogP contribution in [0.4, 0.5) is 19.0 Å². The zero-order valence-corrected chi connectivity index (χ0v) is 27.5. The molecule has 2 aromatic carbocycles. The number of piperidine rings is 1. The van der Waals surface area contributed by atoms with E-state index in [0.29, 0.717) is 28.8 Å². The van der Waals surface area contributed by atoms with Gasteiger partial charge in [-0.25, -0.2) is 0 Å². The first-order valence-corrected chi connectivity index (χ1v) is 15.8. The number of phenolic OH excluding ortho intramolecular Hbond substituents is 1. The molecule has 1 unspecified atom stereocenters. The van der Waals surface area contributed by atoms with Crippen LogP contribution in [0.3, 0.4) is 0 Å². The van der Waals surface area contributed by atoms with Crippen LogP contribution in [0, 0.1) is 8.99 Å². The molecule has 11 nitrogen and oxygen atoms in total. The Bertz CT molecular complexity index is 1640. The summed E-state index contributed by atoms with van der Waals surface area (Å²) in [6.07, 6.45) is -3.10. The summed E-state index contributed by atoms with van der Waals surface area (Å²) in [5.41, 5.74) is -1.56. The number of hydrogen-bond acceptors (Lipinski definition) is 9. The molecule has 248 valence electrons. The van der Waals surface area contributed by atoms with E-state index in [4.69, 9.17) is 14.6 Å². The van der Waals surface area contributed by atoms with Crippen molar-refractivity contribution in [1.29, 1.82) is 0 Å². The lowest BCUT2D eigenvalue weighted by molar-refractivity contribution is -0.261. The molecule has 1 aromatic heterocycles. The maximum absolute atomic E-state index is 13.9. The normalized spacial score (nSPS) is 20.3. The first-order valence-electron chi connectivity index (χ1n) is 14.7. The zero-order chi connectivity index (χ0) is 33.4. The Balaban J connectivity index is 0.00000134. The van der Waals surface area contributed by atoms with Gasteiger partial charge in [0.25, 0.3) is 12.4 Å². The number of halogens is 4. The number of aromatic hydroxyl groups is 1. The fourth-order valence-electron chi connectivity index (χ4n) is 6.25. The van der Waals surface area contributed by atoms with Crippen molar-refractivity contribution in [2.24, 2.45) is 5.41 Å². The molecule has 0 radical (unpaired) electrons. The van der Waals surface area contributed by atoms with E-state index in [-0.39, 0.29) is 61.4 Å². The third kappa shape index (κ3) is 6.95. The van der Waals surface area contributed by atoms with E-state index < -0.39 is 24.7 Å². The minimum atomic E-state index is -4.80. The van der Waals surface area contributed by atoms with Crippen LogP contribution in [-0.2, 0) is 17.9 Å². The van der Waals surface area contributed by atoms with Gasteiger partial charge >= 0.3 is 12.2 Å². The van der Waals surface area contributed by atoms with Gasteiger partial charge in [0, 0.05) is 33.0 Å². The van der Waals surface area contributed by atoms with Crippen LogP contribution in [0.5, 0.6) is 11.8 Å². The molecule has 0 spiro atoms. The van der Waals surface area contributed by atoms with Crippen LogP contribution in [-0.4, -0.2) is 99.6 Å². The molecule has 1 saturated carbocycles. The van der Waals surface area contributed by atoms with Crippen molar-refractivity contribution in [1.82, 2.24) is 19.8 Å². The number of amides is 1. The predicted octanol–water partition coefficient (Wildman–Crippen LogP) is 4.41. The second kappa shape index (κ2) is 13.0. The quantitative estimate of drug-likeness (QED) is 0.235. The van der Waals surface area contributed by atoms with Crippen LogP contribution < -0.4 is 9.64 Å². The van der Waals surface area contributed by atoms with Gasteiger partial charge in [-0.1, -0.05) is 12.1 Å². The fraction of sp³-hybridized carbons (Fsp3) is 0.484. The summed E-state index contributed by atoms with van der Waals surface area (Å²) in [6.45, 7) is 0.694. The van der Waals surface area contributed by atoms with E-state index in [1.165, 1.54) is 11.0 Å². The van der Waals surface area contributed by atoms with Crippen molar-refractivity contribution in [3.63, 3.8) is 0 Å². The number of nitrogens with zero attached hydrogens (tertiary/aromatic N) is 5. The van der Waals surface area contributed by atoms with Gasteiger partial charge in [0.1, 0.15) is 11.6 Å². The molecule has 1 aliphatic carbocycles. The highest BCUT2D eigenvalue weighted by Gasteiger charge is 2.56. The molecule has 1 atom stereocenters. The van der Waals surface area contributed by atoms with Crippen molar-refractivity contribution in [3.8, 4) is 11.8 Å². The van der Waals surface area contributed by atoms with Gasteiger partial charge in [0.05, 0.1) is 37.5 Å². The second-order valence-electron chi connectivity index (χ2n) is 12.4. The summed E-state index contributed by atoms with van der Waals surface area (Å²) in [5, 5.41) is 29.3. The molecule has 1 saturated heterocycles. The molecule has 46 heavy (non-hydrogen) atoms. The maximum atomic E-state index is 13.9. The van der Waals surface area contributed by atoms with Crippen LogP contribution >= 0.6 is 22.6 Å². The number of anilines is 1. The molecule has 3 aliphatic rings. The minimum Gasteiger partial charge on any atom is -0.508 e. The number of rotatable bonds is 7. The topological polar surface area (TPSA) is 140 Å². The first-order chi connectivity index (χ1) is 21.7. The van der Waals surface area contributed by atoms with Gasteiger partial charge in [0.15, 0.2) is 5.60 Å². The standard InChI is InChI=1S/C30H33F3IN5O4.CH2O2/c1-37(2)15-28(8-9-28)17-43-27-35-23-14-39(26(41)20-12-19(40)11-18-5-3-6-22(34)24(18)20)13-21(23)25(36-27)38-10-4-7-29(42,16-38)30(31,32)33;2-1-3/h3,5-6,11-12,40,42H,4,7-10,13-17H2,1-2H3;1H,(H,2,3). The van der Waals surface area contributed by atoms with Gasteiger partial charge < -0.3 is 34.8 Å². The van der Waals surface area contributed by atoms with Crippen molar-refractivity contribution in [2.45, 2.75) is 50.6 Å². The Labute approximate surface area is 277 Å². The average molecular weight is 758 g/mol. The van der Waals surface area contributed by atoms with Crippen LogP contribution in [0.2, 0.25) is 0 Å². The minimum absolute atomic E-state index is 0.0246. The summed E-state index contributed by atoms with van der Waals surface area (Å²) in [5.74, 6) is -0.146. The summed E-state index contributed by atoms with van der Waals surface area (Å²) < 4.78 is 48.5. The lowest BCUT2D eigenvalue weighted by Crippen LogP contribution is -2.57. The van der Waals surface area contributed by atoms with E-state index in [2.05, 4.69) is 37.5 Å². The third-order valence-corrected chi connectivity index (χ3v) is 9.48. The maximum Gasteiger partial charge on any atom is 0.418 e. The smallest absolute Gasteiger partial charge is 0.418 e. The van der Waals surface area contributed by atoms with Crippen LogP contribution in [0.1, 0.15) is 47.3 Å². The van der Waals surface area contributed by atoms with Crippen molar-refractivity contribution in [3.05, 3.63) is 50.7 Å². The SMILES string of the molecule is CN(C)CC1(COc2nc3c(c(N4CCCC(O)(C(F)(F)F)C4)n2)CN(C(=O)c2cc(O)cc4cccc(I)c24)C3)CC1.O=CO. The van der Waals surface area contributed by atoms with Crippen LogP contribution in [0.15, 0.2) is 30.3 Å². The highest BCUT2D eigenvalue weighted by molar-refractivity contribution is 14.1. The number of phenols is 1. The van der Waals surface area contributed by atoms with E-state index >= 15 is 0 Å². The van der Waals surface area contributed by atoms with Crippen LogP contribution in [0.25, 0.3) is 10.8 Å². The number of carbonyl (C=O) groups is 2. The molecular weight excluding hydrogens is 722 g/mol. The molecule has 3 heterocycles. The van der Waals surface area contributed by atoms with Crippen molar-refractivity contribution < 1.29 is 42.8 Å². The highest BCUT2D eigenvalue weighted by atomic mass is 127. The second-order valence-corrected chi connectivity index (χ2v) is 13.6. The fourth-order valence-corrected chi connectivity index (χ4v) is 7.06. The van der Waals surface area contributed by atoms with Gasteiger partial charge in [0.2, 0.25) is 0 Å². The first kappa shape index (κ1) is 33.9. The average Bonchev–Trinajstić information content (AvgIpc) is 3.59. The molecular formula is C31H35F3IN5O6. The largest absolute Gasteiger partial charge is 0.508 e. The molecule has 0 bridgehead atoms. The van der Waals surface area contributed by atoms with Gasteiger partial charge in [-0.15, -0.1) is 0 Å². The Morgan fingerprint density at radius 1 is 1.17 bits per heavy atom. The number of hydrogen-bond donors (Lipinski definition) is 3. The van der Waals surface area contributed by atoms with E-state index in [0.717, 1.165) is 28.3 Å². The number of aliphatic hydroxyl groups is 1. The molecule has 15 heteroatoms. The summed E-state index contributed by atoms with van der Waals surface area (Å²) >= 11 is 2.15. The summed E-state index contributed by atoms with van der Waals surface area (Å²) in [7, 11) is 3.98. The highest BCUT2D eigenvalue weighted by Crippen LogP contribution is 2.46. The third-order valence-electron chi connectivity index (χ3n) is 8.58. The molecule has 2 fully saturated rings. The number of alkyl halides is 3. The van der Waals surface area contributed by atoms with E-state index in [9.17, 15) is 28.2 Å². The zero-order valence-electron chi connectivity index (χ0n) is 25.3. The Kier molecular flexibility index (Phi) is 9.57. The van der Waals surface area contributed by atoms with Gasteiger partial charge in [-0.3, -0.25) is 9.59 Å². The van der Waals surface area contributed by atoms with E-state index in [1.54, 1.807) is 11.0 Å². The number of carbonyl (C=O) groups excluding carboxylic acids is 1. The lowest BCUT2D eigenvalue weighted by Gasteiger charge is -2.41. The number of fused-ring (bicyclic) bond motifs is 2. The monoisotopic (exact) mass is 757 g/mol. The number of benzene rings is 2. The van der Waals surface area contributed by atoms with E-state index in [1.807, 2.05) is 32.3 Å². The Hall–Kier alpha value is -3.44. The Morgan fingerprint density at radius 3 is 2.54 bits per heavy atom. The number of ether oxygens (including phenoxy) is 1. The summed E-state index contributed by atoms with van der Waals surface area (Å²) in [6, 6.07) is 8.63. The molecule has 3 N–H and O–H groups in total. The number of carboxylic acid groups (broad SMARTS) is 1. The molecule has 3 aromatic rings. The lowest BCUT2D eigenvalue weighted by atomic mass is 9.92. The number of aromatic nitrogens is 2. The summed E-state index contributed by atoms with van der Waals surface area (Å²) in [4.78, 5) is 36.6. The Morgan fingerprint density at radius 2 is 1.89 bits per heavy atom.